The van der Waals surface area contributed by atoms with E-state index < -0.39 is 0 Å². The molecule has 1 aliphatic heterocycles. The predicted octanol–water partition coefficient (Wildman–Crippen LogP) is 3.03. The lowest BCUT2D eigenvalue weighted by Gasteiger charge is -2.25. The first-order chi connectivity index (χ1) is 9.76. The first-order valence-corrected chi connectivity index (χ1v) is 8.11. The fraction of sp³-hybridized carbons (Fsp3) is 0.812. The zero-order valence-electron chi connectivity index (χ0n) is 13.4. The van der Waals surface area contributed by atoms with Gasteiger partial charge in [0, 0.05) is 23.9 Å². The monoisotopic (exact) mass is 279 g/mol. The van der Waals surface area contributed by atoms with Crippen molar-refractivity contribution in [2.45, 2.75) is 65.0 Å². The summed E-state index contributed by atoms with van der Waals surface area (Å²) < 4.78 is 7.93. The van der Waals surface area contributed by atoms with E-state index in [9.17, 15) is 0 Å². The van der Waals surface area contributed by atoms with E-state index in [2.05, 4.69) is 30.8 Å². The van der Waals surface area contributed by atoms with Crippen LogP contribution in [0.2, 0.25) is 0 Å². The predicted molar refractivity (Wildman–Crippen MR) is 82.2 cm³/mol. The molecule has 1 fully saturated rings. The Labute approximate surface area is 122 Å². The fourth-order valence-corrected chi connectivity index (χ4v) is 3.32. The minimum Gasteiger partial charge on any atom is -0.379 e. The van der Waals surface area contributed by atoms with Crippen molar-refractivity contribution >= 4 is 0 Å². The van der Waals surface area contributed by atoms with Gasteiger partial charge in [0.25, 0.3) is 0 Å². The summed E-state index contributed by atoms with van der Waals surface area (Å²) in [6.45, 7) is 8.40. The van der Waals surface area contributed by atoms with Crippen LogP contribution in [0, 0.1) is 0 Å². The molecule has 1 aromatic heterocycles. The summed E-state index contributed by atoms with van der Waals surface area (Å²) >= 11 is 0. The van der Waals surface area contributed by atoms with Gasteiger partial charge in [0.15, 0.2) is 0 Å². The van der Waals surface area contributed by atoms with Gasteiger partial charge < -0.3 is 10.1 Å². The van der Waals surface area contributed by atoms with Crippen LogP contribution in [0.1, 0.15) is 69.1 Å². The lowest BCUT2D eigenvalue weighted by atomic mass is 9.99. The van der Waals surface area contributed by atoms with E-state index >= 15 is 0 Å². The van der Waals surface area contributed by atoms with Gasteiger partial charge in [0.2, 0.25) is 0 Å². The van der Waals surface area contributed by atoms with E-state index in [0.29, 0.717) is 12.1 Å². The summed E-state index contributed by atoms with van der Waals surface area (Å²) in [4.78, 5) is 0. The van der Waals surface area contributed by atoms with Crippen molar-refractivity contribution in [3.63, 3.8) is 0 Å². The normalized spacial score (nSPS) is 21.1. The quantitative estimate of drug-likeness (QED) is 0.870. The molecule has 0 spiro atoms. The molecule has 1 N–H and O–H groups in total. The second-order valence-electron chi connectivity index (χ2n) is 5.58. The lowest BCUT2D eigenvalue weighted by Crippen LogP contribution is -2.24. The maximum atomic E-state index is 5.66. The molecule has 114 valence electrons. The SMILES string of the molecule is CCc1nn(C2CCCOC2)c(CC)c1C(CC)NC. The highest BCUT2D eigenvalue weighted by atomic mass is 16.5. The average molecular weight is 279 g/mol. The molecule has 2 atom stereocenters. The highest BCUT2D eigenvalue weighted by molar-refractivity contribution is 5.31. The summed E-state index contributed by atoms with van der Waals surface area (Å²) in [5.41, 5.74) is 4.10. The molecule has 0 aliphatic carbocycles. The van der Waals surface area contributed by atoms with Gasteiger partial charge in [-0.2, -0.15) is 5.10 Å². The van der Waals surface area contributed by atoms with Gasteiger partial charge in [0.05, 0.1) is 18.3 Å². The van der Waals surface area contributed by atoms with E-state index in [0.717, 1.165) is 38.9 Å². The first kappa shape index (κ1) is 15.5. The van der Waals surface area contributed by atoms with E-state index in [1.54, 1.807) is 0 Å². The third kappa shape index (κ3) is 2.91. The Morgan fingerprint density at radius 1 is 1.35 bits per heavy atom. The Hall–Kier alpha value is -0.870. The number of rotatable bonds is 6. The largest absolute Gasteiger partial charge is 0.379 e. The van der Waals surface area contributed by atoms with Gasteiger partial charge in [-0.15, -0.1) is 0 Å². The standard InChI is InChI=1S/C16H29N3O/c1-5-13(17-4)16-14(6-2)18-19(15(16)7-3)12-9-8-10-20-11-12/h12-13,17H,5-11H2,1-4H3. The fourth-order valence-electron chi connectivity index (χ4n) is 3.32. The van der Waals surface area contributed by atoms with Crippen LogP contribution < -0.4 is 5.32 Å². The average Bonchev–Trinajstić information content (AvgIpc) is 2.88. The second kappa shape index (κ2) is 7.23. The van der Waals surface area contributed by atoms with Gasteiger partial charge in [0.1, 0.15) is 0 Å². The molecule has 0 radical (unpaired) electrons. The Bertz CT molecular complexity index is 418. The van der Waals surface area contributed by atoms with Crippen LogP contribution in [-0.2, 0) is 17.6 Å². The number of hydrogen-bond acceptors (Lipinski definition) is 3. The van der Waals surface area contributed by atoms with Gasteiger partial charge >= 0.3 is 0 Å². The molecular weight excluding hydrogens is 250 g/mol. The molecule has 1 saturated heterocycles. The Balaban J connectivity index is 2.41. The van der Waals surface area contributed by atoms with E-state index in [1.165, 1.54) is 23.4 Å². The topological polar surface area (TPSA) is 39.1 Å². The van der Waals surface area contributed by atoms with E-state index in [1.807, 2.05) is 7.05 Å². The van der Waals surface area contributed by atoms with Crippen molar-refractivity contribution in [3.8, 4) is 0 Å². The number of aromatic nitrogens is 2. The van der Waals surface area contributed by atoms with Crippen LogP contribution in [0.3, 0.4) is 0 Å². The van der Waals surface area contributed by atoms with Crippen LogP contribution in [0.15, 0.2) is 0 Å². The van der Waals surface area contributed by atoms with Crippen molar-refractivity contribution in [1.29, 1.82) is 0 Å². The molecule has 2 rings (SSSR count). The molecule has 0 saturated carbocycles. The number of nitrogens with zero attached hydrogens (tertiary/aromatic N) is 2. The van der Waals surface area contributed by atoms with Crippen LogP contribution in [0.4, 0.5) is 0 Å². The van der Waals surface area contributed by atoms with Crippen LogP contribution >= 0.6 is 0 Å². The van der Waals surface area contributed by atoms with Crippen molar-refractivity contribution in [2.24, 2.45) is 0 Å². The molecule has 0 amide bonds. The zero-order chi connectivity index (χ0) is 14.5. The molecule has 1 aliphatic rings. The molecule has 0 bridgehead atoms. The van der Waals surface area contributed by atoms with Crippen molar-refractivity contribution in [1.82, 2.24) is 15.1 Å². The third-order valence-electron chi connectivity index (χ3n) is 4.38. The summed E-state index contributed by atoms with van der Waals surface area (Å²) in [5, 5.41) is 8.39. The third-order valence-corrected chi connectivity index (χ3v) is 4.38. The number of nitrogens with one attached hydrogen (secondary N) is 1. The van der Waals surface area contributed by atoms with Gasteiger partial charge in [-0.3, -0.25) is 4.68 Å². The molecule has 20 heavy (non-hydrogen) atoms. The Morgan fingerprint density at radius 3 is 2.65 bits per heavy atom. The van der Waals surface area contributed by atoms with Crippen molar-refractivity contribution in [3.05, 3.63) is 17.0 Å². The smallest absolute Gasteiger partial charge is 0.0756 e. The molecule has 4 nitrogen and oxygen atoms in total. The van der Waals surface area contributed by atoms with Crippen LogP contribution in [0.25, 0.3) is 0 Å². The van der Waals surface area contributed by atoms with E-state index in [4.69, 9.17) is 9.84 Å². The highest BCUT2D eigenvalue weighted by Crippen LogP contribution is 2.30. The number of hydrogen-bond donors (Lipinski definition) is 1. The molecule has 4 heteroatoms. The molecule has 2 unspecified atom stereocenters. The maximum absolute atomic E-state index is 5.66. The maximum Gasteiger partial charge on any atom is 0.0756 e. The second-order valence-corrected chi connectivity index (χ2v) is 5.58. The number of ether oxygens (including phenoxy) is 1. The minimum atomic E-state index is 0.415. The summed E-state index contributed by atoms with van der Waals surface area (Å²) in [7, 11) is 2.05. The number of aryl methyl sites for hydroxylation is 1. The zero-order valence-corrected chi connectivity index (χ0v) is 13.4. The highest BCUT2D eigenvalue weighted by Gasteiger charge is 2.26. The van der Waals surface area contributed by atoms with E-state index in [-0.39, 0.29) is 0 Å². The Morgan fingerprint density at radius 2 is 2.15 bits per heavy atom. The summed E-state index contributed by atoms with van der Waals surface area (Å²) in [5.74, 6) is 0. The van der Waals surface area contributed by atoms with Crippen molar-refractivity contribution in [2.75, 3.05) is 20.3 Å². The van der Waals surface area contributed by atoms with Crippen molar-refractivity contribution < 1.29 is 4.74 Å². The summed E-state index contributed by atoms with van der Waals surface area (Å²) in [6, 6.07) is 0.838. The minimum absolute atomic E-state index is 0.415. The molecule has 2 heterocycles. The van der Waals surface area contributed by atoms with Crippen LogP contribution in [-0.4, -0.2) is 30.0 Å². The lowest BCUT2D eigenvalue weighted by molar-refractivity contribution is 0.0538. The van der Waals surface area contributed by atoms with Gasteiger partial charge in [-0.1, -0.05) is 20.8 Å². The first-order valence-electron chi connectivity index (χ1n) is 8.11. The molecule has 1 aromatic rings. The van der Waals surface area contributed by atoms with Gasteiger partial charge in [-0.05, 0) is 39.2 Å². The van der Waals surface area contributed by atoms with Gasteiger partial charge in [-0.25, -0.2) is 0 Å². The summed E-state index contributed by atoms with van der Waals surface area (Å²) in [6.07, 6.45) is 5.47. The Kier molecular flexibility index (Phi) is 5.61. The van der Waals surface area contributed by atoms with Crippen LogP contribution in [0.5, 0.6) is 0 Å². The molecule has 0 aromatic carbocycles. The molecular formula is C16H29N3O.